The molecule has 2 saturated heterocycles. The van der Waals surface area contributed by atoms with Crippen LogP contribution in [0.15, 0.2) is 46.8 Å². The summed E-state index contributed by atoms with van der Waals surface area (Å²) in [6.07, 6.45) is 4.98. The van der Waals surface area contributed by atoms with Crippen molar-refractivity contribution in [1.29, 1.82) is 0 Å². The zero-order valence-corrected chi connectivity index (χ0v) is 18.3. The first-order chi connectivity index (χ1) is 14.3. The van der Waals surface area contributed by atoms with Crippen LogP contribution in [0.25, 0.3) is 0 Å². The number of guanidine groups is 1. The molecule has 2 fully saturated rings. The average Bonchev–Trinajstić information content (AvgIpc) is 3.47. The van der Waals surface area contributed by atoms with Crippen LogP contribution in [0.2, 0.25) is 0 Å². The molecule has 2 N–H and O–H groups in total. The van der Waals surface area contributed by atoms with Crippen LogP contribution in [0.4, 0.5) is 5.00 Å². The number of hydrogen-bond donors (Lipinski definition) is 2. The van der Waals surface area contributed by atoms with E-state index in [-0.39, 0.29) is 0 Å². The van der Waals surface area contributed by atoms with E-state index in [0.29, 0.717) is 6.04 Å². The number of thiophene rings is 1. The largest absolute Gasteiger partial charge is 0.363 e. The third-order valence-electron chi connectivity index (χ3n) is 5.97. The number of nitrogens with zero attached hydrogens (tertiary/aromatic N) is 3. The second-order valence-electron chi connectivity index (χ2n) is 8.08. The number of piperidine rings is 1. The summed E-state index contributed by atoms with van der Waals surface area (Å²) in [4.78, 5) is 9.46. The summed E-state index contributed by atoms with van der Waals surface area (Å²) in [6.45, 7) is 6.59. The van der Waals surface area contributed by atoms with Crippen LogP contribution in [-0.4, -0.2) is 50.1 Å². The number of benzene rings is 1. The second-order valence-corrected chi connectivity index (χ2v) is 9.01. The molecule has 1 aromatic heterocycles. The molecule has 0 atom stereocenters. The third kappa shape index (κ3) is 5.73. The van der Waals surface area contributed by atoms with Gasteiger partial charge in [0.25, 0.3) is 0 Å². The number of nitrogens with one attached hydrogen (secondary N) is 2. The molecular weight excluding hydrogens is 378 g/mol. The van der Waals surface area contributed by atoms with E-state index in [0.717, 1.165) is 45.0 Å². The van der Waals surface area contributed by atoms with Crippen LogP contribution in [0.3, 0.4) is 0 Å². The van der Waals surface area contributed by atoms with Crippen LogP contribution < -0.4 is 15.5 Å². The summed E-state index contributed by atoms with van der Waals surface area (Å²) in [5.41, 5.74) is 2.71. The molecular formula is C23H33N5S. The van der Waals surface area contributed by atoms with Gasteiger partial charge in [0, 0.05) is 39.3 Å². The predicted octanol–water partition coefficient (Wildman–Crippen LogP) is 3.68. The molecule has 0 radical (unpaired) electrons. The lowest BCUT2D eigenvalue weighted by Crippen LogP contribution is -2.48. The summed E-state index contributed by atoms with van der Waals surface area (Å²) >= 11 is 1.83. The molecule has 0 unspecified atom stereocenters. The van der Waals surface area contributed by atoms with Gasteiger partial charge in [-0.25, -0.2) is 0 Å². The topological polar surface area (TPSA) is 42.9 Å². The SMILES string of the molecule is CN=C(NCc1ccc(CN2CCCC2)cc1)NC1CCN(c2cccs2)CC1. The van der Waals surface area contributed by atoms with E-state index in [2.05, 4.69) is 67.2 Å². The molecule has 0 bridgehead atoms. The molecule has 156 valence electrons. The summed E-state index contributed by atoms with van der Waals surface area (Å²) in [5.74, 6) is 0.903. The Labute approximate surface area is 178 Å². The van der Waals surface area contributed by atoms with E-state index < -0.39 is 0 Å². The van der Waals surface area contributed by atoms with Gasteiger partial charge in [-0.3, -0.25) is 9.89 Å². The molecule has 0 aliphatic carbocycles. The molecule has 1 aromatic carbocycles. The highest BCUT2D eigenvalue weighted by atomic mass is 32.1. The molecule has 0 saturated carbocycles. The van der Waals surface area contributed by atoms with Crippen LogP contribution in [0.1, 0.15) is 36.8 Å². The first kappa shape index (κ1) is 20.2. The fraction of sp³-hybridized carbons (Fsp3) is 0.522. The Kier molecular flexibility index (Phi) is 7.06. The van der Waals surface area contributed by atoms with Gasteiger partial charge in [-0.05, 0) is 67.4 Å². The van der Waals surface area contributed by atoms with E-state index in [1.165, 1.54) is 42.1 Å². The number of anilines is 1. The number of rotatable bonds is 6. The molecule has 2 aliphatic heterocycles. The van der Waals surface area contributed by atoms with Crippen molar-refractivity contribution in [3.63, 3.8) is 0 Å². The maximum atomic E-state index is 4.43. The smallest absolute Gasteiger partial charge is 0.191 e. The maximum absolute atomic E-state index is 4.43. The van der Waals surface area contributed by atoms with Crippen LogP contribution in [0, 0.1) is 0 Å². The third-order valence-corrected chi connectivity index (χ3v) is 6.89. The number of aliphatic imine (C=N–C) groups is 1. The molecule has 3 heterocycles. The molecule has 0 spiro atoms. The van der Waals surface area contributed by atoms with Gasteiger partial charge >= 0.3 is 0 Å². The average molecular weight is 412 g/mol. The molecule has 2 aromatic rings. The Morgan fingerprint density at radius 3 is 2.41 bits per heavy atom. The van der Waals surface area contributed by atoms with E-state index in [1.807, 2.05) is 18.4 Å². The zero-order chi connectivity index (χ0) is 19.9. The van der Waals surface area contributed by atoms with Crippen molar-refractivity contribution in [3.05, 3.63) is 52.9 Å². The Hall–Kier alpha value is -2.05. The fourth-order valence-corrected chi connectivity index (χ4v) is 5.01. The fourth-order valence-electron chi connectivity index (χ4n) is 4.23. The van der Waals surface area contributed by atoms with E-state index in [9.17, 15) is 0 Å². The molecule has 5 nitrogen and oxygen atoms in total. The molecule has 6 heteroatoms. The van der Waals surface area contributed by atoms with Gasteiger partial charge in [0.15, 0.2) is 5.96 Å². The van der Waals surface area contributed by atoms with Gasteiger partial charge in [0.05, 0.1) is 5.00 Å². The van der Waals surface area contributed by atoms with Crippen LogP contribution >= 0.6 is 11.3 Å². The summed E-state index contributed by atoms with van der Waals surface area (Å²) in [5, 5.41) is 10.6. The van der Waals surface area contributed by atoms with Gasteiger partial charge in [-0.15, -0.1) is 11.3 Å². The minimum atomic E-state index is 0.486. The lowest BCUT2D eigenvalue weighted by Gasteiger charge is -2.33. The van der Waals surface area contributed by atoms with Crippen molar-refractivity contribution in [2.24, 2.45) is 4.99 Å². The van der Waals surface area contributed by atoms with Crippen molar-refractivity contribution in [3.8, 4) is 0 Å². The first-order valence-corrected chi connectivity index (χ1v) is 11.7. The van der Waals surface area contributed by atoms with Crippen molar-refractivity contribution in [1.82, 2.24) is 15.5 Å². The Morgan fingerprint density at radius 2 is 1.76 bits per heavy atom. The first-order valence-electron chi connectivity index (χ1n) is 10.9. The highest BCUT2D eigenvalue weighted by Gasteiger charge is 2.20. The lowest BCUT2D eigenvalue weighted by molar-refractivity contribution is 0.331. The van der Waals surface area contributed by atoms with Crippen molar-refractivity contribution in [2.75, 3.05) is 38.1 Å². The van der Waals surface area contributed by atoms with Gasteiger partial charge in [0.2, 0.25) is 0 Å². The van der Waals surface area contributed by atoms with Crippen molar-refractivity contribution >= 4 is 22.3 Å². The molecule has 4 rings (SSSR count). The van der Waals surface area contributed by atoms with Crippen LogP contribution in [-0.2, 0) is 13.1 Å². The van der Waals surface area contributed by atoms with E-state index >= 15 is 0 Å². The Balaban J connectivity index is 1.20. The quantitative estimate of drug-likeness (QED) is 0.562. The molecule has 0 amide bonds. The minimum absolute atomic E-state index is 0.486. The number of hydrogen-bond acceptors (Lipinski definition) is 4. The van der Waals surface area contributed by atoms with Gasteiger partial charge in [-0.2, -0.15) is 0 Å². The summed E-state index contributed by atoms with van der Waals surface area (Å²) < 4.78 is 0. The van der Waals surface area contributed by atoms with Gasteiger partial charge < -0.3 is 15.5 Å². The Morgan fingerprint density at radius 1 is 1.03 bits per heavy atom. The highest BCUT2D eigenvalue weighted by molar-refractivity contribution is 7.14. The summed E-state index contributed by atoms with van der Waals surface area (Å²) in [7, 11) is 1.86. The maximum Gasteiger partial charge on any atom is 0.191 e. The van der Waals surface area contributed by atoms with Gasteiger partial charge in [-0.1, -0.05) is 24.3 Å². The second kappa shape index (κ2) is 10.1. The monoisotopic (exact) mass is 411 g/mol. The molecule has 2 aliphatic rings. The number of likely N-dealkylation sites (tertiary alicyclic amines) is 1. The van der Waals surface area contributed by atoms with E-state index in [1.54, 1.807) is 0 Å². The highest BCUT2D eigenvalue weighted by Crippen LogP contribution is 2.24. The standard InChI is InChI=1S/C23H33N5S/c1-24-23(26-21-10-14-28(15-11-21)22-5-4-16-29-22)25-17-19-6-8-20(9-7-19)18-27-12-2-3-13-27/h4-9,16,21H,2-3,10-15,17-18H2,1H3,(H2,24,25,26). The Bertz CT molecular complexity index is 757. The van der Waals surface area contributed by atoms with Crippen LogP contribution in [0.5, 0.6) is 0 Å². The normalized spacial score (nSPS) is 18.9. The van der Waals surface area contributed by atoms with Crippen molar-refractivity contribution in [2.45, 2.75) is 44.8 Å². The predicted molar refractivity (Wildman–Crippen MR) is 124 cm³/mol. The zero-order valence-electron chi connectivity index (χ0n) is 17.4. The van der Waals surface area contributed by atoms with Gasteiger partial charge in [0.1, 0.15) is 0 Å². The van der Waals surface area contributed by atoms with Crippen molar-refractivity contribution < 1.29 is 0 Å². The molecule has 29 heavy (non-hydrogen) atoms. The lowest BCUT2D eigenvalue weighted by atomic mass is 10.1. The minimum Gasteiger partial charge on any atom is -0.363 e. The van der Waals surface area contributed by atoms with E-state index in [4.69, 9.17) is 0 Å². The summed E-state index contributed by atoms with van der Waals surface area (Å²) in [6, 6.07) is 13.9.